The number of piperidine rings is 1. The predicted molar refractivity (Wildman–Crippen MR) is 111 cm³/mol. The van der Waals surface area contributed by atoms with Gasteiger partial charge in [0.15, 0.2) is 5.82 Å². The monoisotopic (exact) mass is 394 g/mol. The smallest absolute Gasteiger partial charge is 0.410 e. The van der Waals surface area contributed by atoms with E-state index in [0.29, 0.717) is 29.9 Å². The maximum Gasteiger partial charge on any atom is 0.410 e. The van der Waals surface area contributed by atoms with E-state index in [1.807, 2.05) is 26.8 Å². The first kappa shape index (κ1) is 20.5. The molecule has 1 aliphatic rings. The number of hydrogen-bond acceptors (Lipinski definition) is 6. The molecular formula is C22H26N4O3. The normalized spacial score (nSPS) is 14.8. The summed E-state index contributed by atoms with van der Waals surface area (Å²) in [5.74, 6) is 6.88. The highest BCUT2D eigenvalue weighted by molar-refractivity contribution is 5.69. The Morgan fingerprint density at radius 3 is 2.59 bits per heavy atom. The van der Waals surface area contributed by atoms with E-state index in [4.69, 9.17) is 10.5 Å². The highest BCUT2D eigenvalue weighted by Crippen LogP contribution is 2.28. The van der Waals surface area contributed by atoms with Crippen LogP contribution < -0.4 is 5.73 Å². The Labute approximate surface area is 170 Å². The lowest BCUT2D eigenvalue weighted by Gasteiger charge is -2.31. The minimum absolute atomic E-state index is 0.125. The summed E-state index contributed by atoms with van der Waals surface area (Å²) in [7, 11) is 0. The molecule has 3 rings (SSSR count). The van der Waals surface area contributed by atoms with E-state index in [-0.39, 0.29) is 23.6 Å². The molecular weight excluding hydrogens is 368 g/mol. The molecule has 1 aliphatic heterocycles. The Bertz CT molecular complexity index is 949. The van der Waals surface area contributed by atoms with Crippen molar-refractivity contribution in [2.75, 3.05) is 18.8 Å². The third-order valence-corrected chi connectivity index (χ3v) is 4.56. The summed E-state index contributed by atoms with van der Waals surface area (Å²) in [5, 5.41) is 18.1. The van der Waals surface area contributed by atoms with E-state index in [1.54, 1.807) is 29.2 Å². The first-order valence-electron chi connectivity index (χ1n) is 9.64. The van der Waals surface area contributed by atoms with E-state index in [2.05, 4.69) is 22.0 Å². The van der Waals surface area contributed by atoms with Crippen molar-refractivity contribution in [2.24, 2.45) is 5.92 Å². The molecule has 2 aromatic rings. The van der Waals surface area contributed by atoms with Crippen molar-refractivity contribution in [3.05, 3.63) is 35.9 Å². The second-order valence-corrected chi connectivity index (χ2v) is 8.06. The molecule has 1 amide bonds. The van der Waals surface area contributed by atoms with Gasteiger partial charge in [-0.05, 0) is 51.8 Å². The van der Waals surface area contributed by atoms with Crippen LogP contribution in [0.1, 0.15) is 39.2 Å². The van der Waals surface area contributed by atoms with Crippen LogP contribution in [0.15, 0.2) is 30.3 Å². The molecule has 0 bridgehead atoms. The molecule has 29 heavy (non-hydrogen) atoms. The van der Waals surface area contributed by atoms with Crippen LogP contribution in [0.3, 0.4) is 0 Å². The third-order valence-electron chi connectivity index (χ3n) is 4.56. The molecule has 0 unspecified atom stereocenters. The first-order valence-corrected chi connectivity index (χ1v) is 9.64. The standard InChI is InChI=1S/C22H26N4O3/c1-22(2,3)29-21(28)26-12-10-15(11-13-26)8-9-16-14-18(24-25-20(16)23)17-6-4-5-7-19(17)27/h4-7,14-15,27H,10-13H2,1-3H3,(H2,23,25). The van der Waals surface area contributed by atoms with Crippen LogP contribution in [0, 0.1) is 17.8 Å². The molecule has 0 radical (unpaired) electrons. The Balaban J connectivity index is 1.68. The topological polar surface area (TPSA) is 102 Å². The molecule has 1 aromatic heterocycles. The number of phenols is 1. The number of carbonyl (C=O) groups is 1. The second-order valence-electron chi connectivity index (χ2n) is 8.06. The number of para-hydroxylation sites is 1. The molecule has 7 nitrogen and oxygen atoms in total. The van der Waals surface area contributed by atoms with E-state index in [9.17, 15) is 9.90 Å². The number of hydrogen-bond donors (Lipinski definition) is 2. The minimum atomic E-state index is -0.496. The lowest BCUT2D eigenvalue weighted by Crippen LogP contribution is -2.41. The Morgan fingerprint density at radius 1 is 1.24 bits per heavy atom. The highest BCUT2D eigenvalue weighted by Gasteiger charge is 2.26. The number of ether oxygens (including phenoxy) is 1. The fourth-order valence-electron chi connectivity index (χ4n) is 3.04. The maximum absolute atomic E-state index is 12.2. The van der Waals surface area contributed by atoms with Crippen LogP contribution >= 0.6 is 0 Å². The number of rotatable bonds is 1. The number of carbonyl (C=O) groups excluding carboxylic acids is 1. The number of nitrogens with two attached hydrogens (primary N) is 1. The molecule has 1 fully saturated rings. The van der Waals surface area contributed by atoms with Gasteiger partial charge < -0.3 is 20.5 Å². The van der Waals surface area contributed by atoms with Crippen LogP contribution in [0.5, 0.6) is 5.75 Å². The number of nitrogen functional groups attached to an aromatic ring is 1. The van der Waals surface area contributed by atoms with Crippen molar-refractivity contribution in [3.63, 3.8) is 0 Å². The molecule has 1 aromatic carbocycles. The van der Waals surface area contributed by atoms with Crippen molar-refractivity contribution in [3.8, 4) is 28.8 Å². The van der Waals surface area contributed by atoms with E-state index in [0.717, 1.165) is 12.8 Å². The molecule has 0 aliphatic carbocycles. The van der Waals surface area contributed by atoms with Crippen molar-refractivity contribution in [1.82, 2.24) is 15.1 Å². The van der Waals surface area contributed by atoms with Gasteiger partial charge in [-0.1, -0.05) is 24.0 Å². The number of amides is 1. The van der Waals surface area contributed by atoms with Gasteiger partial charge in [0.2, 0.25) is 0 Å². The molecule has 0 spiro atoms. The number of anilines is 1. The van der Waals surface area contributed by atoms with Crippen molar-refractivity contribution < 1.29 is 14.6 Å². The lowest BCUT2D eigenvalue weighted by atomic mass is 9.97. The highest BCUT2D eigenvalue weighted by atomic mass is 16.6. The number of phenolic OH excluding ortho intramolecular Hbond substituents is 1. The summed E-state index contributed by atoms with van der Waals surface area (Å²) < 4.78 is 5.42. The van der Waals surface area contributed by atoms with Crippen molar-refractivity contribution in [1.29, 1.82) is 0 Å². The average Bonchev–Trinajstić information content (AvgIpc) is 2.67. The van der Waals surface area contributed by atoms with Gasteiger partial charge in [0.1, 0.15) is 11.4 Å². The van der Waals surface area contributed by atoms with Gasteiger partial charge in [0.25, 0.3) is 0 Å². The van der Waals surface area contributed by atoms with E-state index in [1.165, 1.54) is 0 Å². The number of aromatic hydroxyl groups is 1. The predicted octanol–water partition coefficient (Wildman–Crippen LogP) is 3.43. The average molecular weight is 394 g/mol. The Morgan fingerprint density at radius 2 is 1.93 bits per heavy atom. The van der Waals surface area contributed by atoms with Crippen LogP contribution in [0.4, 0.5) is 10.6 Å². The summed E-state index contributed by atoms with van der Waals surface area (Å²) in [6, 6.07) is 8.65. The van der Waals surface area contributed by atoms with E-state index < -0.39 is 5.60 Å². The van der Waals surface area contributed by atoms with Crippen molar-refractivity contribution >= 4 is 11.9 Å². The SMILES string of the molecule is CC(C)(C)OC(=O)N1CCC(C#Cc2cc(-c3ccccc3O)nnc2N)CC1. The largest absolute Gasteiger partial charge is 0.507 e. The molecule has 0 saturated carbocycles. The van der Waals surface area contributed by atoms with Gasteiger partial charge in [-0.3, -0.25) is 0 Å². The molecule has 3 N–H and O–H groups in total. The number of benzene rings is 1. The molecule has 0 atom stereocenters. The summed E-state index contributed by atoms with van der Waals surface area (Å²) in [6.45, 7) is 6.81. The van der Waals surface area contributed by atoms with Crippen LogP contribution in [-0.4, -0.2) is 45.0 Å². The summed E-state index contributed by atoms with van der Waals surface area (Å²) in [6.07, 6.45) is 1.27. The Hall–Kier alpha value is -3.27. The number of nitrogens with zero attached hydrogens (tertiary/aromatic N) is 3. The maximum atomic E-state index is 12.2. The van der Waals surface area contributed by atoms with Gasteiger partial charge >= 0.3 is 6.09 Å². The quantitative estimate of drug-likeness (QED) is 0.719. The lowest BCUT2D eigenvalue weighted by molar-refractivity contribution is 0.0199. The van der Waals surface area contributed by atoms with Gasteiger partial charge in [-0.2, -0.15) is 0 Å². The third kappa shape index (κ3) is 5.38. The van der Waals surface area contributed by atoms with Gasteiger partial charge in [0, 0.05) is 24.6 Å². The number of aromatic nitrogens is 2. The van der Waals surface area contributed by atoms with Gasteiger partial charge in [-0.15, -0.1) is 10.2 Å². The fraction of sp³-hybridized carbons (Fsp3) is 0.409. The van der Waals surface area contributed by atoms with Crippen molar-refractivity contribution in [2.45, 2.75) is 39.2 Å². The molecule has 2 heterocycles. The van der Waals surface area contributed by atoms with Gasteiger partial charge in [-0.25, -0.2) is 4.79 Å². The fourth-order valence-corrected chi connectivity index (χ4v) is 3.04. The van der Waals surface area contributed by atoms with Crippen LogP contribution in [0.25, 0.3) is 11.3 Å². The summed E-state index contributed by atoms with van der Waals surface area (Å²) >= 11 is 0. The molecule has 7 heteroatoms. The molecule has 152 valence electrons. The molecule has 1 saturated heterocycles. The zero-order valence-corrected chi connectivity index (χ0v) is 17.0. The zero-order valence-electron chi connectivity index (χ0n) is 17.0. The second kappa shape index (κ2) is 8.39. The van der Waals surface area contributed by atoms with E-state index >= 15 is 0 Å². The van der Waals surface area contributed by atoms with Crippen LogP contribution in [-0.2, 0) is 4.74 Å². The first-order chi connectivity index (χ1) is 13.7. The van der Waals surface area contributed by atoms with Crippen LogP contribution in [0.2, 0.25) is 0 Å². The number of likely N-dealkylation sites (tertiary alicyclic amines) is 1. The minimum Gasteiger partial charge on any atom is -0.507 e. The summed E-state index contributed by atoms with van der Waals surface area (Å²) in [5.41, 5.74) is 7.11. The zero-order chi connectivity index (χ0) is 21.0. The van der Waals surface area contributed by atoms with Gasteiger partial charge in [0.05, 0.1) is 11.3 Å². The summed E-state index contributed by atoms with van der Waals surface area (Å²) in [4.78, 5) is 13.9. The Kier molecular flexibility index (Phi) is 5.92.